The molecule has 2 nitrogen and oxygen atoms in total. The zero-order chi connectivity index (χ0) is 9.45. The maximum atomic E-state index is 5.56. The second-order valence-electron chi connectivity index (χ2n) is 4.00. The Kier molecular flexibility index (Phi) is 10.6. The number of hydrogen-bond donors (Lipinski definition) is 0. The van der Waals surface area contributed by atoms with Crippen molar-refractivity contribution in [2.45, 2.75) is 33.1 Å². The standard InChI is InChI=1S/C10H24NO.ClH/c1-5-7-8-9-12-10-11(3,4)6-2;/h5-10H2,1-4H3;1H/q+1;/p-1. The van der Waals surface area contributed by atoms with E-state index in [9.17, 15) is 0 Å². The summed E-state index contributed by atoms with van der Waals surface area (Å²) in [7, 11) is 4.39. The molecule has 0 saturated heterocycles. The van der Waals surface area contributed by atoms with Crippen LogP contribution in [0.15, 0.2) is 0 Å². The van der Waals surface area contributed by atoms with Crippen LogP contribution >= 0.6 is 0 Å². The number of rotatable bonds is 7. The van der Waals surface area contributed by atoms with E-state index in [0.717, 1.165) is 24.4 Å². The summed E-state index contributed by atoms with van der Waals surface area (Å²) in [6.45, 7) is 7.31. The molecule has 0 aliphatic carbocycles. The predicted molar refractivity (Wildman–Crippen MR) is 53.0 cm³/mol. The van der Waals surface area contributed by atoms with Gasteiger partial charge in [0.2, 0.25) is 0 Å². The van der Waals surface area contributed by atoms with E-state index in [0.29, 0.717) is 0 Å². The van der Waals surface area contributed by atoms with Crippen LogP contribution in [0.5, 0.6) is 0 Å². The topological polar surface area (TPSA) is 9.23 Å². The molecular formula is C10H24ClNO. The lowest BCUT2D eigenvalue weighted by atomic mass is 10.3. The summed E-state index contributed by atoms with van der Waals surface area (Å²) < 4.78 is 6.53. The number of hydrogen-bond acceptors (Lipinski definition) is 1. The van der Waals surface area contributed by atoms with Gasteiger partial charge in [-0.1, -0.05) is 19.8 Å². The zero-order valence-electron chi connectivity index (χ0n) is 9.48. The minimum absolute atomic E-state index is 0. The highest BCUT2D eigenvalue weighted by Gasteiger charge is 2.10. The highest BCUT2D eigenvalue weighted by atomic mass is 35.5. The number of nitrogens with zero attached hydrogens (tertiary/aromatic N) is 1. The molecule has 0 aromatic rings. The van der Waals surface area contributed by atoms with Gasteiger partial charge in [-0.05, 0) is 13.3 Å². The first-order valence-electron chi connectivity index (χ1n) is 5.02. The molecule has 0 radical (unpaired) electrons. The molecule has 0 unspecified atom stereocenters. The second kappa shape index (κ2) is 8.79. The predicted octanol–water partition coefficient (Wildman–Crippen LogP) is -0.749. The quantitative estimate of drug-likeness (QED) is 0.305. The van der Waals surface area contributed by atoms with Gasteiger partial charge in [0, 0.05) is 0 Å². The highest BCUT2D eigenvalue weighted by molar-refractivity contribution is 4.34. The second-order valence-corrected chi connectivity index (χ2v) is 4.00. The Morgan fingerprint density at radius 2 is 1.69 bits per heavy atom. The fourth-order valence-electron chi connectivity index (χ4n) is 0.857. The van der Waals surface area contributed by atoms with Crippen molar-refractivity contribution in [3.05, 3.63) is 0 Å². The van der Waals surface area contributed by atoms with Gasteiger partial charge >= 0.3 is 0 Å². The summed E-state index contributed by atoms with van der Waals surface area (Å²) in [5.74, 6) is 0. The number of unbranched alkanes of at least 4 members (excludes halogenated alkanes) is 2. The molecule has 82 valence electrons. The molecule has 0 spiro atoms. The molecule has 0 atom stereocenters. The van der Waals surface area contributed by atoms with Crippen molar-refractivity contribution in [3.63, 3.8) is 0 Å². The van der Waals surface area contributed by atoms with Gasteiger partial charge in [0.25, 0.3) is 0 Å². The molecule has 0 bridgehead atoms. The van der Waals surface area contributed by atoms with Gasteiger partial charge in [0.15, 0.2) is 6.73 Å². The van der Waals surface area contributed by atoms with Crippen LogP contribution in [0.2, 0.25) is 0 Å². The summed E-state index contributed by atoms with van der Waals surface area (Å²) in [6, 6.07) is 0. The summed E-state index contributed by atoms with van der Waals surface area (Å²) in [5.41, 5.74) is 0. The maximum Gasteiger partial charge on any atom is 0.182 e. The van der Waals surface area contributed by atoms with Gasteiger partial charge in [-0.25, -0.2) is 0 Å². The first-order chi connectivity index (χ1) is 5.62. The normalized spacial score (nSPS) is 11.1. The molecule has 0 heterocycles. The average Bonchev–Trinajstić information content (AvgIpc) is 2.04. The van der Waals surface area contributed by atoms with Crippen LogP contribution < -0.4 is 12.4 Å². The molecule has 0 aliphatic rings. The molecule has 0 aliphatic heterocycles. The molecule has 0 fully saturated rings. The van der Waals surface area contributed by atoms with Gasteiger partial charge in [-0.2, -0.15) is 0 Å². The fourth-order valence-corrected chi connectivity index (χ4v) is 0.857. The summed E-state index contributed by atoms with van der Waals surface area (Å²) >= 11 is 0. The van der Waals surface area contributed by atoms with E-state index in [-0.39, 0.29) is 12.4 Å². The molecule has 0 rings (SSSR count). The smallest absolute Gasteiger partial charge is 0.182 e. The van der Waals surface area contributed by atoms with E-state index in [4.69, 9.17) is 4.74 Å². The first-order valence-corrected chi connectivity index (χ1v) is 5.02. The van der Waals surface area contributed by atoms with Gasteiger partial charge in [-0.3, -0.25) is 0 Å². The lowest BCUT2D eigenvalue weighted by molar-refractivity contribution is -0.908. The van der Waals surface area contributed by atoms with Gasteiger partial charge in [0.05, 0.1) is 27.2 Å². The number of quaternary nitrogens is 1. The summed E-state index contributed by atoms with van der Waals surface area (Å²) in [6.07, 6.45) is 3.77. The highest BCUT2D eigenvalue weighted by Crippen LogP contribution is 1.99. The molecule has 0 amide bonds. The van der Waals surface area contributed by atoms with Crippen LogP contribution in [0.3, 0.4) is 0 Å². The first kappa shape index (κ1) is 15.7. The lowest BCUT2D eigenvalue weighted by Crippen LogP contribution is -3.00. The zero-order valence-corrected chi connectivity index (χ0v) is 10.2. The Hall–Kier alpha value is 0.210. The van der Waals surface area contributed by atoms with E-state index in [1.165, 1.54) is 19.3 Å². The van der Waals surface area contributed by atoms with Crippen LogP contribution in [-0.4, -0.2) is 38.5 Å². The van der Waals surface area contributed by atoms with Crippen molar-refractivity contribution in [2.24, 2.45) is 0 Å². The third kappa shape index (κ3) is 10.1. The molecule has 0 aromatic heterocycles. The third-order valence-corrected chi connectivity index (χ3v) is 2.19. The monoisotopic (exact) mass is 209 g/mol. The summed E-state index contributed by atoms with van der Waals surface area (Å²) in [4.78, 5) is 0. The van der Waals surface area contributed by atoms with Crippen molar-refractivity contribution in [2.75, 3.05) is 34.0 Å². The van der Waals surface area contributed by atoms with Gasteiger partial charge < -0.3 is 21.6 Å². The Bertz CT molecular complexity index is 107. The lowest BCUT2D eigenvalue weighted by Gasteiger charge is -2.27. The Morgan fingerprint density at radius 1 is 1.08 bits per heavy atom. The van der Waals surface area contributed by atoms with Crippen LogP contribution in [-0.2, 0) is 4.74 Å². The third-order valence-electron chi connectivity index (χ3n) is 2.19. The Balaban J connectivity index is 0. The molecule has 0 N–H and O–H groups in total. The fraction of sp³-hybridized carbons (Fsp3) is 1.00. The summed E-state index contributed by atoms with van der Waals surface area (Å²) in [5, 5.41) is 0. The van der Waals surface area contributed by atoms with Crippen molar-refractivity contribution < 1.29 is 21.6 Å². The SMILES string of the molecule is CCCCCOC[N+](C)(C)CC.[Cl-]. The van der Waals surface area contributed by atoms with E-state index in [1.54, 1.807) is 0 Å². The average molecular weight is 210 g/mol. The van der Waals surface area contributed by atoms with Crippen LogP contribution in [0.4, 0.5) is 0 Å². The Morgan fingerprint density at radius 3 is 2.15 bits per heavy atom. The molecule has 13 heavy (non-hydrogen) atoms. The van der Waals surface area contributed by atoms with E-state index < -0.39 is 0 Å². The maximum absolute atomic E-state index is 5.56. The minimum Gasteiger partial charge on any atom is -1.00 e. The van der Waals surface area contributed by atoms with E-state index in [1.807, 2.05) is 0 Å². The molecule has 0 saturated carbocycles. The van der Waals surface area contributed by atoms with Gasteiger partial charge in [0.1, 0.15) is 0 Å². The molecule has 3 heteroatoms. The molecular weight excluding hydrogens is 186 g/mol. The van der Waals surface area contributed by atoms with Gasteiger partial charge in [-0.15, -0.1) is 0 Å². The van der Waals surface area contributed by atoms with Crippen molar-refractivity contribution >= 4 is 0 Å². The van der Waals surface area contributed by atoms with Crippen molar-refractivity contribution in [1.29, 1.82) is 0 Å². The van der Waals surface area contributed by atoms with Crippen molar-refractivity contribution in [3.8, 4) is 0 Å². The Labute approximate surface area is 89.3 Å². The van der Waals surface area contributed by atoms with Crippen LogP contribution in [0.1, 0.15) is 33.1 Å². The van der Waals surface area contributed by atoms with Crippen molar-refractivity contribution in [1.82, 2.24) is 0 Å². The number of halogens is 1. The van der Waals surface area contributed by atoms with E-state index >= 15 is 0 Å². The van der Waals surface area contributed by atoms with Crippen LogP contribution in [0, 0.1) is 0 Å². The van der Waals surface area contributed by atoms with Crippen LogP contribution in [0.25, 0.3) is 0 Å². The molecule has 0 aromatic carbocycles. The van der Waals surface area contributed by atoms with E-state index in [2.05, 4.69) is 27.9 Å². The number of ether oxygens (including phenoxy) is 1. The largest absolute Gasteiger partial charge is 1.00 e. The minimum atomic E-state index is 0.